The van der Waals surface area contributed by atoms with Crippen molar-refractivity contribution in [2.75, 3.05) is 13.7 Å². The van der Waals surface area contributed by atoms with Crippen molar-refractivity contribution >= 4 is 18.4 Å². The summed E-state index contributed by atoms with van der Waals surface area (Å²) in [5.74, 6) is 1.87. The van der Waals surface area contributed by atoms with E-state index in [0.29, 0.717) is 28.7 Å². The predicted octanol–water partition coefficient (Wildman–Crippen LogP) is 6.66. The van der Waals surface area contributed by atoms with Gasteiger partial charge >= 0.3 is 0 Å². The molecule has 0 bridgehead atoms. The van der Waals surface area contributed by atoms with Crippen molar-refractivity contribution in [3.8, 4) is 0 Å². The van der Waals surface area contributed by atoms with Crippen LogP contribution in [0.15, 0.2) is 48.2 Å². The van der Waals surface area contributed by atoms with Crippen LogP contribution in [0.25, 0.3) is 0 Å². The minimum absolute atomic E-state index is 0.0607. The second kappa shape index (κ2) is 11.8. The highest BCUT2D eigenvalue weighted by Crippen LogP contribution is 2.35. The van der Waals surface area contributed by atoms with Crippen LogP contribution in [0.5, 0.6) is 0 Å². The van der Waals surface area contributed by atoms with Gasteiger partial charge in [-0.15, -0.1) is 0 Å². The van der Waals surface area contributed by atoms with Crippen LogP contribution in [0.4, 0.5) is 0 Å². The van der Waals surface area contributed by atoms with Crippen LogP contribution in [0.1, 0.15) is 80.3 Å². The Balaban J connectivity index is 1.53. The Morgan fingerprint density at radius 1 is 1.27 bits per heavy atom. The van der Waals surface area contributed by atoms with Crippen LogP contribution in [0.3, 0.4) is 0 Å². The molecule has 30 heavy (non-hydrogen) atoms. The number of ether oxygens (including phenoxy) is 1. The van der Waals surface area contributed by atoms with Gasteiger partial charge in [-0.25, -0.2) is 0 Å². The number of rotatable bonds is 7. The topological polar surface area (TPSA) is 42.1 Å². The van der Waals surface area contributed by atoms with Gasteiger partial charge in [-0.1, -0.05) is 31.2 Å². The SMILES string of the molecule is COCC1CC=CC(CC=CC(=O)c2cc(C3CCC(S)CC3)c[nH]2)=CCCC1C. The quantitative estimate of drug-likeness (QED) is 0.290. The van der Waals surface area contributed by atoms with Crippen LogP contribution in [0, 0.1) is 11.8 Å². The van der Waals surface area contributed by atoms with Crippen molar-refractivity contribution in [2.24, 2.45) is 11.8 Å². The Bertz CT molecular complexity index is 768. The summed E-state index contributed by atoms with van der Waals surface area (Å²) in [6.45, 7) is 3.15. The molecular weight excluding hydrogens is 390 g/mol. The Labute approximate surface area is 187 Å². The number of thiol groups is 1. The molecule has 2 aliphatic carbocycles. The van der Waals surface area contributed by atoms with Crippen molar-refractivity contribution < 1.29 is 9.53 Å². The molecule has 1 heterocycles. The number of carbonyl (C=O) groups excluding carboxylic acids is 1. The number of aromatic amines is 1. The lowest BCUT2D eigenvalue weighted by atomic mass is 9.85. The van der Waals surface area contributed by atoms with Gasteiger partial charge in [0.25, 0.3) is 0 Å². The van der Waals surface area contributed by atoms with Crippen LogP contribution < -0.4 is 0 Å². The molecule has 1 aromatic heterocycles. The Morgan fingerprint density at radius 2 is 2.07 bits per heavy atom. The second-order valence-electron chi connectivity index (χ2n) is 9.01. The third-order valence-corrected chi connectivity index (χ3v) is 7.26. The van der Waals surface area contributed by atoms with Gasteiger partial charge in [0.15, 0.2) is 0 Å². The van der Waals surface area contributed by atoms with E-state index < -0.39 is 0 Å². The standard InChI is InChI=1S/C26H37NO2S/c1-19-6-3-7-20(8-4-10-22(19)18-29-2)9-5-11-26(28)25-16-23(17-27-25)21-12-14-24(30)15-13-21/h4-5,7-8,11,16-17,19,21-22,24,27,30H,3,6,9-10,12-15,18H2,1-2H3. The first kappa shape index (κ1) is 23.1. The first-order chi connectivity index (χ1) is 14.6. The third kappa shape index (κ3) is 6.75. The average molecular weight is 428 g/mol. The Hall–Kier alpha value is -1.52. The molecular formula is C26H37NO2S. The fourth-order valence-corrected chi connectivity index (χ4v) is 4.95. The molecule has 1 fully saturated rings. The van der Waals surface area contributed by atoms with Crippen LogP contribution >= 0.6 is 12.6 Å². The van der Waals surface area contributed by atoms with Crippen LogP contribution in [-0.4, -0.2) is 29.7 Å². The Morgan fingerprint density at radius 3 is 2.83 bits per heavy atom. The number of ketones is 1. The first-order valence-electron chi connectivity index (χ1n) is 11.5. The molecule has 1 aromatic rings. The van der Waals surface area contributed by atoms with Gasteiger partial charge in [0.2, 0.25) is 5.78 Å². The third-order valence-electron chi connectivity index (χ3n) is 6.75. The highest BCUT2D eigenvalue weighted by atomic mass is 32.1. The summed E-state index contributed by atoms with van der Waals surface area (Å²) in [4.78, 5) is 15.8. The smallest absolute Gasteiger partial charge is 0.201 e. The van der Waals surface area contributed by atoms with E-state index in [9.17, 15) is 4.79 Å². The summed E-state index contributed by atoms with van der Waals surface area (Å²) >= 11 is 4.59. The van der Waals surface area contributed by atoms with Crippen molar-refractivity contribution in [2.45, 2.75) is 69.5 Å². The number of hydrogen-bond donors (Lipinski definition) is 2. The van der Waals surface area contributed by atoms with Gasteiger partial charge in [-0.3, -0.25) is 4.79 Å². The average Bonchev–Trinajstić information content (AvgIpc) is 3.25. The van der Waals surface area contributed by atoms with Crippen LogP contribution in [0.2, 0.25) is 0 Å². The summed E-state index contributed by atoms with van der Waals surface area (Å²) in [6.07, 6.45) is 21.3. The molecule has 1 saturated carbocycles. The van der Waals surface area contributed by atoms with Crippen LogP contribution in [-0.2, 0) is 4.74 Å². The maximum atomic E-state index is 12.6. The largest absolute Gasteiger partial charge is 0.384 e. The maximum absolute atomic E-state index is 12.6. The molecule has 1 N–H and O–H groups in total. The monoisotopic (exact) mass is 427 g/mol. The van der Waals surface area contributed by atoms with Gasteiger partial charge in [0.05, 0.1) is 5.69 Å². The zero-order valence-electron chi connectivity index (χ0n) is 18.5. The first-order valence-corrected chi connectivity index (χ1v) is 12.0. The zero-order chi connectivity index (χ0) is 21.3. The van der Waals surface area contributed by atoms with Crippen molar-refractivity contribution in [3.05, 3.63) is 59.5 Å². The summed E-state index contributed by atoms with van der Waals surface area (Å²) in [5, 5.41) is 0.541. The number of carbonyl (C=O) groups is 1. The maximum Gasteiger partial charge on any atom is 0.201 e. The molecule has 0 saturated heterocycles. The Kier molecular flexibility index (Phi) is 9.07. The number of hydrogen-bond acceptors (Lipinski definition) is 3. The predicted molar refractivity (Wildman–Crippen MR) is 128 cm³/mol. The molecule has 0 amide bonds. The number of aromatic nitrogens is 1. The minimum atomic E-state index is 0.0607. The second-order valence-corrected chi connectivity index (χ2v) is 9.74. The summed E-state index contributed by atoms with van der Waals surface area (Å²) in [7, 11) is 1.79. The van der Waals surface area contributed by atoms with Gasteiger partial charge in [-0.2, -0.15) is 12.6 Å². The molecule has 0 spiro atoms. The fraction of sp³-hybridized carbons (Fsp3) is 0.577. The van der Waals surface area contributed by atoms with E-state index in [2.05, 4.69) is 42.8 Å². The summed E-state index contributed by atoms with van der Waals surface area (Å²) < 4.78 is 5.39. The number of allylic oxidation sites excluding steroid dienone is 6. The van der Waals surface area contributed by atoms with E-state index in [1.165, 1.54) is 30.4 Å². The molecule has 2 aliphatic rings. The van der Waals surface area contributed by atoms with Crippen molar-refractivity contribution in [3.63, 3.8) is 0 Å². The van der Waals surface area contributed by atoms with Gasteiger partial charge in [0, 0.05) is 25.2 Å². The highest BCUT2D eigenvalue weighted by Gasteiger charge is 2.21. The van der Waals surface area contributed by atoms with E-state index in [4.69, 9.17) is 4.74 Å². The lowest BCUT2D eigenvalue weighted by Gasteiger charge is -2.24. The van der Waals surface area contributed by atoms with Gasteiger partial charge in [0.1, 0.15) is 0 Å². The van der Waals surface area contributed by atoms with E-state index in [-0.39, 0.29) is 5.78 Å². The molecule has 164 valence electrons. The summed E-state index contributed by atoms with van der Waals surface area (Å²) in [6, 6.07) is 2.05. The molecule has 0 radical (unpaired) electrons. The molecule has 2 unspecified atom stereocenters. The van der Waals surface area contributed by atoms with Gasteiger partial charge < -0.3 is 9.72 Å². The normalized spacial score (nSPS) is 28.0. The highest BCUT2D eigenvalue weighted by molar-refractivity contribution is 7.80. The van der Waals surface area contributed by atoms with E-state index >= 15 is 0 Å². The molecule has 0 aliphatic heterocycles. The lowest BCUT2D eigenvalue weighted by molar-refractivity contribution is 0.104. The zero-order valence-corrected chi connectivity index (χ0v) is 19.4. The number of methoxy groups -OCH3 is 1. The molecule has 0 aromatic carbocycles. The molecule has 4 heteroatoms. The fourth-order valence-electron chi connectivity index (χ4n) is 4.65. The molecule has 3 nitrogen and oxygen atoms in total. The van der Waals surface area contributed by atoms with E-state index in [0.717, 1.165) is 38.7 Å². The van der Waals surface area contributed by atoms with Gasteiger partial charge in [-0.05, 0) is 92.4 Å². The van der Waals surface area contributed by atoms with Crippen molar-refractivity contribution in [1.82, 2.24) is 4.98 Å². The summed E-state index contributed by atoms with van der Waals surface area (Å²) in [5.41, 5.74) is 3.26. The van der Waals surface area contributed by atoms with E-state index in [1.54, 1.807) is 13.2 Å². The molecule has 2 atom stereocenters. The van der Waals surface area contributed by atoms with Crippen molar-refractivity contribution in [1.29, 1.82) is 0 Å². The van der Waals surface area contributed by atoms with E-state index in [1.807, 2.05) is 18.3 Å². The number of H-pyrrole nitrogens is 1. The molecule has 3 rings (SSSR count). The minimum Gasteiger partial charge on any atom is -0.384 e. The lowest BCUT2D eigenvalue weighted by Crippen LogP contribution is -2.16. The number of nitrogens with one attached hydrogen (secondary N) is 1.